The molecular formula is C17H26N2O2. The monoisotopic (exact) mass is 290 g/mol. The SMILES string of the molecule is CCc1ccc(CC(=O)NCCCN2CCOCC2)cc1. The number of hydrogen-bond acceptors (Lipinski definition) is 3. The van der Waals surface area contributed by atoms with Gasteiger partial charge >= 0.3 is 0 Å². The first-order valence-corrected chi connectivity index (χ1v) is 7.92. The van der Waals surface area contributed by atoms with Gasteiger partial charge in [-0.2, -0.15) is 0 Å². The third-order valence-electron chi connectivity index (χ3n) is 3.87. The van der Waals surface area contributed by atoms with Crippen LogP contribution in [0.1, 0.15) is 24.5 Å². The van der Waals surface area contributed by atoms with E-state index >= 15 is 0 Å². The van der Waals surface area contributed by atoms with E-state index in [0.29, 0.717) is 6.42 Å². The molecule has 1 aliphatic heterocycles. The number of carbonyl (C=O) groups is 1. The second-order valence-electron chi connectivity index (χ2n) is 5.50. The lowest BCUT2D eigenvalue weighted by Crippen LogP contribution is -2.38. The minimum Gasteiger partial charge on any atom is -0.379 e. The minimum absolute atomic E-state index is 0.112. The Morgan fingerprint density at radius 1 is 1.19 bits per heavy atom. The quantitative estimate of drug-likeness (QED) is 0.776. The lowest BCUT2D eigenvalue weighted by Gasteiger charge is -2.26. The summed E-state index contributed by atoms with van der Waals surface area (Å²) in [6, 6.07) is 8.29. The van der Waals surface area contributed by atoms with Crippen molar-refractivity contribution in [2.24, 2.45) is 0 Å². The number of nitrogens with zero attached hydrogens (tertiary/aromatic N) is 1. The maximum absolute atomic E-state index is 11.9. The van der Waals surface area contributed by atoms with Crippen LogP contribution in [0.15, 0.2) is 24.3 Å². The van der Waals surface area contributed by atoms with Gasteiger partial charge < -0.3 is 10.1 Å². The predicted octanol–water partition coefficient (Wildman–Crippen LogP) is 1.63. The van der Waals surface area contributed by atoms with E-state index in [1.807, 2.05) is 12.1 Å². The Bertz CT molecular complexity index is 425. The smallest absolute Gasteiger partial charge is 0.224 e. The molecule has 1 heterocycles. The molecule has 2 rings (SSSR count). The van der Waals surface area contributed by atoms with E-state index < -0.39 is 0 Å². The van der Waals surface area contributed by atoms with Crippen LogP contribution in [0.25, 0.3) is 0 Å². The van der Waals surface area contributed by atoms with Crippen LogP contribution in [0.2, 0.25) is 0 Å². The van der Waals surface area contributed by atoms with Crippen LogP contribution in [0, 0.1) is 0 Å². The molecule has 0 aliphatic carbocycles. The summed E-state index contributed by atoms with van der Waals surface area (Å²) in [5.41, 5.74) is 2.39. The first-order valence-electron chi connectivity index (χ1n) is 7.92. The summed E-state index contributed by atoms with van der Waals surface area (Å²) in [4.78, 5) is 14.3. The molecule has 1 saturated heterocycles. The molecule has 0 atom stereocenters. The van der Waals surface area contributed by atoms with E-state index in [1.165, 1.54) is 5.56 Å². The number of morpholine rings is 1. The molecule has 116 valence electrons. The second-order valence-corrected chi connectivity index (χ2v) is 5.50. The van der Waals surface area contributed by atoms with Gasteiger partial charge in [-0.3, -0.25) is 9.69 Å². The highest BCUT2D eigenvalue weighted by molar-refractivity contribution is 5.78. The number of benzene rings is 1. The highest BCUT2D eigenvalue weighted by Gasteiger charge is 2.09. The molecule has 0 bridgehead atoms. The van der Waals surface area contributed by atoms with Crippen LogP contribution in [-0.4, -0.2) is 50.2 Å². The van der Waals surface area contributed by atoms with E-state index in [1.54, 1.807) is 0 Å². The summed E-state index contributed by atoms with van der Waals surface area (Å²) in [6.45, 7) is 7.62. The van der Waals surface area contributed by atoms with E-state index in [0.717, 1.165) is 57.8 Å². The molecule has 4 heteroatoms. The average molecular weight is 290 g/mol. The number of hydrogen-bond donors (Lipinski definition) is 1. The molecule has 21 heavy (non-hydrogen) atoms. The van der Waals surface area contributed by atoms with Crippen LogP contribution in [-0.2, 0) is 22.4 Å². The highest BCUT2D eigenvalue weighted by Crippen LogP contribution is 2.05. The Hall–Kier alpha value is -1.39. The van der Waals surface area contributed by atoms with Gasteiger partial charge in [0.15, 0.2) is 0 Å². The third kappa shape index (κ3) is 5.86. The molecule has 1 aromatic carbocycles. The Kier molecular flexibility index (Phi) is 6.70. The summed E-state index contributed by atoms with van der Waals surface area (Å²) >= 11 is 0. The molecule has 1 N–H and O–H groups in total. The van der Waals surface area contributed by atoms with Gasteiger partial charge in [-0.05, 0) is 30.5 Å². The van der Waals surface area contributed by atoms with Gasteiger partial charge in [-0.25, -0.2) is 0 Å². The zero-order valence-electron chi connectivity index (χ0n) is 12.9. The normalized spacial score (nSPS) is 15.9. The maximum Gasteiger partial charge on any atom is 0.224 e. The van der Waals surface area contributed by atoms with Crippen molar-refractivity contribution in [3.8, 4) is 0 Å². The first-order chi connectivity index (χ1) is 10.3. The second kappa shape index (κ2) is 8.80. The third-order valence-corrected chi connectivity index (χ3v) is 3.87. The van der Waals surface area contributed by atoms with Crippen molar-refractivity contribution in [3.63, 3.8) is 0 Å². The van der Waals surface area contributed by atoms with Crippen molar-refractivity contribution < 1.29 is 9.53 Å². The fourth-order valence-electron chi connectivity index (χ4n) is 2.50. The van der Waals surface area contributed by atoms with E-state index in [2.05, 4.69) is 29.3 Å². The molecule has 0 radical (unpaired) electrons. The van der Waals surface area contributed by atoms with Crippen molar-refractivity contribution in [2.45, 2.75) is 26.2 Å². The van der Waals surface area contributed by atoms with Gasteiger partial charge in [-0.15, -0.1) is 0 Å². The van der Waals surface area contributed by atoms with Crippen molar-refractivity contribution in [1.82, 2.24) is 10.2 Å². The molecule has 1 amide bonds. The molecule has 0 spiro atoms. The van der Waals surface area contributed by atoms with Gasteiger partial charge in [-0.1, -0.05) is 31.2 Å². The minimum atomic E-state index is 0.112. The summed E-state index contributed by atoms with van der Waals surface area (Å²) < 4.78 is 5.32. The predicted molar refractivity (Wildman–Crippen MR) is 84.4 cm³/mol. The lowest BCUT2D eigenvalue weighted by atomic mass is 10.1. The Balaban J connectivity index is 1.60. The number of nitrogens with one attached hydrogen (secondary N) is 1. The lowest BCUT2D eigenvalue weighted by molar-refractivity contribution is -0.120. The standard InChI is InChI=1S/C17H26N2O2/c1-2-15-4-6-16(7-5-15)14-17(20)18-8-3-9-19-10-12-21-13-11-19/h4-7H,2-3,8-14H2,1H3,(H,18,20). The van der Waals surface area contributed by atoms with E-state index in [9.17, 15) is 4.79 Å². The van der Waals surface area contributed by atoms with Gasteiger partial charge in [0.05, 0.1) is 19.6 Å². The summed E-state index contributed by atoms with van der Waals surface area (Å²) in [5, 5.41) is 3.00. The molecule has 4 nitrogen and oxygen atoms in total. The zero-order chi connectivity index (χ0) is 14.9. The van der Waals surface area contributed by atoms with Gasteiger partial charge in [0.25, 0.3) is 0 Å². The number of aryl methyl sites for hydroxylation is 1. The van der Waals surface area contributed by atoms with Gasteiger partial charge in [0, 0.05) is 19.6 Å². The molecule has 0 saturated carbocycles. The number of amides is 1. The average Bonchev–Trinajstić information content (AvgIpc) is 2.53. The molecule has 1 fully saturated rings. The Morgan fingerprint density at radius 3 is 2.52 bits per heavy atom. The largest absolute Gasteiger partial charge is 0.379 e. The number of rotatable bonds is 7. The highest BCUT2D eigenvalue weighted by atomic mass is 16.5. The summed E-state index contributed by atoms with van der Waals surface area (Å²) in [5.74, 6) is 0.112. The zero-order valence-corrected chi connectivity index (χ0v) is 12.9. The maximum atomic E-state index is 11.9. The van der Waals surface area contributed by atoms with Crippen LogP contribution in [0.4, 0.5) is 0 Å². The van der Waals surface area contributed by atoms with E-state index in [-0.39, 0.29) is 5.91 Å². The fraction of sp³-hybridized carbons (Fsp3) is 0.588. The van der Waals surface area contributed by atoms with Gasteiger partial charge in [0.2, 0.25) is 5.91 Å². The molecule has 1 aliphatic rings. The topological polar surface area (TPSA) is 41.6 Å². The van der Waals surface area contributed by atoms with Gasteiger partial charge in [0.1, 0.15) is 0 Å². The molecule has 0 unspecified atom stereocenters. The van der Waals surface area contributed by atoms with Crippen LogP contribution in [0.3, 0.4) is 0 Å². The van der Waals surface area contributed by atoms with Crippen LogP contribution >= 0.6 is 0 Å². The molecule has 0 aromatic heterocycles. The van der Waals surface area contributed by atoms with Crippen molar-refractivity contribution >= 4 is 5.91 Å². The van der Waals surface area contributed by atoms with Crippen LogP contribution < -0.4 is 5.32 Å². The van der Waals surface area contributed by atoms with Crippen molar-refractivity contribution in [1.29, 1.82) is 0 Å². The molecule has 1 aromatic rings. The van der Waals surface area contributed by atoms with Crippen molar-refractivity contribution in [3.05, 3.63) is 35.4 Å². The first kappa shape index (κ1) is 16.0. The number of ether oxygens (including phenoxy) is 1. The fourth-order valence-corrected chi connectivity index (χ4v) is 2.50. The number of carbonyl (C=O) groups excluding carboxylic acids is 1. The van der Waals surface area contributed by atoms with Crippen LogP contribution in [0.5, 0.6) is 0 Å². The Labute approximate surface area is 127 Å². The van der Waals surface area contributed by atoms with Crippen molar-refractivity contribution in [2.75, 3.05) is 39.4 Å². The van der Waals surface area contributed by atoms with E-state index in [4.69, 9.17) is 4.74 Å². The summed E-state index contributed by atoms with van der Waals surface area (Å²) in [7, 11) is 0. The molecular weight excluding hydrogens is 264 g/mol. The summed E-state index contributed by atoms with van der Waals surface area (Å²) in [6.07, 6.45) is 2.51. The Morgan fingerprint density at radius 2 is 1.86 bits per heavy atom.